The molecule has 1 rings (SSSR count). The molecule has 1 aromatic rings. The van der Waals surface area contributed by atoms with Crippen LogP contribution in [0.15, 0.2) is 0 Å². The second-order valence-electron chi connectivity index (χ2n) is 15.5. The van der Waals surface area contributed by atoms with Crippen molar-refractivity contribution >= 4 is 71.8 Å². The Kier molecular flexibility index (Phi) is 7.87. The third-order valence-corrected chi connectivity index (χ3v) is 81.2. The lowest BCUT2D eigenvalue weighted by atomic mass is 11.6. The molecule has 0 saturated carbocycles. The van der Waals surface area contributed by atoms with Crippen molar-refractivity contribution in [3.8, 4) is 0 Å². The fourth-order valence-corrected chi connectivity index (χ4v) is 135. The average molecular weight is 557 g/mol. The van der Waals surface area contributed by atoms with Crippen LogP contribution in [0.2, 0.25) is 118 Å². The lowest BCUT2D eigenvalue weighted by Crippen LogP contribution is -2.72. The predicted molar refractivity (Wildman–Crippen MR) is 166 cm³/mol. The zero-order chi connectivity index (χ0) is 23.9. The van der Waals surface area contributed by atoms with E-state index in [4.69, 9.17) is 0 Å². The lowest BCUT2D eigenvalue weighted by molar-refractivity contribution is 1.20. The molecular formula is C20H54P2SSi6. The van der Waals surface area contributed by atoms with E-state index in [0.29, 0.717) is 0 Å². The van der Waals surface area contributed by atoms with E-state index in [1.165, 1.54) is 0 Å². The monoisotopic (exact) mass is 556 g/mol. The molecule has 0 saturated heterocycles. The molecule has 1 aromatic heterocycles. The maximum absolute atomic E-state index is 2.78. The van der Waals surface area contributed by atoms with E-state index >= 15 is 0 Å². The summed E-state index contributed by atoms with van der Waals surface area (Å²) in [4.78, 5) is 0. The molecular weight excluding hydrogens is 503 g/mol. The van der Waals surface area contributed by atoms with Gasteiger partial charge in [-0.25, -0.2) is 0 Å². The van der Waals surface area contributed by atoms with Crippen molar-refractivity contribution in [2.24, 2.45) is 0 Å². The normalized spacial score (nSPS) is 17.9. The molecule has 1 heterocycles. The first-order chi connectivity index (χ1) is 12.2. The zero-order valence-electron chi connectivity index (χ0n) is 23.3. The van der Waals surface area contributed by atoms with Crippen molar-refractivity contribution in [2.75, 3.05) is 0 Å². The first-order valence-corrected chi connectivity index (χ1v) is 37.9. The molecule has 0 nitrogen and oxygen atoms in total. The maximum Gasteiger partial charge on any atom is 0.0552 e. The van der Waals surface area contributed by atoms with Gasteiger partial charge >= 0.3 is 0 Å². The van der Waals surface area contributed by atoms with E-state index in [1.54, 1.807) is 0 Å². The van der Waals surface area contributed by atoms with E-state index in [0.717, 1.165) is 8.05 Å². The van der Waals surface area contributed by atoms with Crippen molar-refractivity contribution in [3.05, 3.63) is 0 Å². The van der Waals surface area contributed by atoms with E-state index in [1.807, 2.05) is 0 Å². The highest BCUT2D eigenvalue weighted by Crippen LogP contribution is 2.90. The molecule has 0 aliphatic rings. The van der Waals surface area contributed by atoms with E-state index in [-0.39, 0.29) is 12.8 Å². The van der Waals surface area contributed by atoms with E-state index < -0.39 is 48.4 Å². The molecule has 0 fully saturated rings. The SMILES string of the molecule is C[Si](C)(C)C(p1sp1C([Si](C)(C)C)([Si](C)(C)C)[Si](C)(C)C)([Si](C)(C)C)[Si](C)(C)C. The Labute approximate surface area is 196 Å². The summed E-state index contributed by atoms with van der Waals surface area (Å²) in [5, 5.41) is 0. The first kappa shape index (κ1) is 29.2. The number of hydrogen-bond donors (Lipinski definition) is 0. The summed E-state index contributed by atoms with van der Waals surface area (Å²) in [6.45, 7) is 50.0. The van der Waals surface area contributed by atoms with Crippen LogP contribution in [0, 0.1) is 0 Å². The van der Waals surface area contributed by atoms with Crippen LogP contribution in [0.25, 0.3) is 0 Å². The first-order valence-electron chi connectivity index (χ1n) is 11.5. The highest BCUT2D eigenvalue weighted by atomic mass is 33.1. The van der Waals surface area contributed by atoms with Crippen molar-refractivity contribution in [2.45, 2.75) is 126 Å². The smallest absolute Gasteiger partial charge is 0.0552 e. The Balaban J connectivity index is 4.14. The van der Waals surface area contributed by atoms with Gasteiger partial charge in [0.2, 0.25) is 0 Å². The molecule has 2 atom stereocenters. The summed E-state index contributed by atoms with van der Waals surface area (Å²) in [5.74, 6) is 0. The summed E-state index contributed by atoms with van der Waals surface area (Å²) in [7, 11) is -5.22. The predicted octanol–water partition coefficient (Wildman–Crippen LogP) is 10.4. The van der Waals surface area contributed by atoms with Gasteiger partial charge in [0, 0.05) is 8.05 Å². The van der Waals surface area contributed by atoms with Crippen LogP contribution in [0.3, 0.4) is 0 Å². The minimum absolute atomic E-state index is 0.164. The summed E-state index contributed by atoms with van der Waals surface area (Å²) < 4.78 is 1.59. The second kappa shape index (κ2) is 7.83. The summed E-state index contributed by atoms with van der Waals surface area (Å²) in [5.41, 5.74) is 0. The van der Waals surface area contributed by atoms with Gasteiger partial charge in [-0.1, -0.05) is 128 Å². The molecule has 29 heavy (non-hydrogen) atoms. The number of rotatable bonds is 8. The van der Waals surface area contributed by atoms with Gasteiger partial charge in [0.15, 0.2) is 0 Å². The van der Waals surface area contributed by atoms with Crippen LogP contribution < -0.4 is 0 Å². The second-order valence-corrected chi connectivity index (χ2v) is 63.3. The van der Waals surface area contributed by atoms with Gasteiger partial charge in [-0.2, -0.15) is 0 Å². The minimum atomic E-state index is -1.31. The van der Waals surface area contributed by atoms with Gasteiger partial charge in [0.05, 0.1) is 48.4 Å². The van der Waals surface area contributed by atoms with Gasteiger partial charge in [-0.15, -0.1) is 0 Å². The fourth-order valence-electron chi connectivity index (χ4n) is 8.92. The summed E-state index contributed by atoms with van der Waals surface area (Å²) in [6.07, 6.45) is 0.329. The van der Waals surface area contributed by atoms with E-state index in [9.17, 15) is 0 Å². The summed E-state index contributed by atoms with van der Waals surface area (Å²) >= 11 is 0. The van der Waals surface area contributed by atoms with Crippen molar-refractivity contribution in [3.63, 3.8) is 0 Å². The third kappa shape index (κ3) is 4.34. The highest BCUT2D eigenvalue weighted by Gasteiger charge is 2.69. The Morgan fingerprint density at radius 1 is 0.345 bits per heavy atom. The van der Waals surface area contributed by atoms with Gasteiger partial charge in [0.1, 0.15) is 0 Å². The van der Waals surface area contributed by atoms with Crippen LogP contribution in [0.5, 0.6) is 0 Å². The van der Waals surface area contributed by atoms with Crippen molar-refractivity contribution in [1.82, 2.24) is 0 Å². The van der Waals surface area contributed by atoms with Crippen LogP contribution in [0.4, 0.5) is 0 Å². The van der Waals surface area contributed by atoms with E-state index in [2.05, 4.69) is 128 Å². The molecule has 0 spiro atoms. The minimum Gasteiger partial charge on any atom is -0.0999 e. The summed E-state index contributed by atoms with van der Waals surface area (Å²) in [6, 6.07) is 0. The van der Waals surface area contributed by atoms with Gasteiger partial charge in [-0.3, -0.25) is 0 Å². The Hall–Kier alpha value is 2.12. The molecule has 174 valence electrons. The number of hydrogen-bond acceptors (Lipinski definition) is 1. The van der Waals surface area contributed by atoms with Gasteiger partial charge < -0.3 is 0 Å². The van der Waals surface area contributed by atoms with Crippen LogP contribution in [0.1, 0.15) is 0 Å². The van der Waals surface area contributed by atoms with Gasteiger partial charge in [0.25, 0.3) is 0 Å². The zero-order valence-corrected chi connectivity index (χ0v) is 31.9. The van der Waals surface area contributed by atoms with Crippen LogP contribution in [-0.2, 0) is 8.05 Å². The largest absolute Gasteiger partial charge is 0.0999 e. The van der Waals surface area contributed by atoms with Crippen molar-refractivity contribution in [1.29, 1.82) is 0 Å². The molecule has 0 amide bonds. The Morgan fingerprint density at radius 3 is 0.586 bits per heavy atom. The standard InChI is InChI=1S/C20H54P2SSi6/c1-24(2,3)19(25(4,5)6,26(7,8)9)21-22(23-21)20(27(10,11)12,28(13,14)15)29(16,17)18/h1-18H3. The molecule has 0 bridgehead atoms. The molecule has 0 N–H and O–H groups in total. The highest BCUT2D eigenvalue weighted by molar-refractivity contribution is 8.63. The van der Waals surface area contributed by atoms with Crippen LogP contribution in [-0.4, -0.2) is 48.4 Å². The Morgan fingerprint density at radius 2 is 0.483 bits per heavy atom. The molecule has 0 aromatic carbocycles. The quantitative estimate of drug-likeness (QED) is 0.279. The average Bonchev–Trinajstić information content (AvgIpc) is 2.96. The molecule has 2 unspecified atom stereocenters. The molecule has 9 heteroatoms. The van der Waals surface area contributed by atoms with Crippen LogP contribution >= 0.6 is 23.3 Å². The van der Waals surface area contributed by atoms with Gasteiger partial charge in [-0.05, 0) is 12.8 Å². The molecule has 0 radical (unpaired) electrons. The lowest BCUT2D eigenvalue weighted by Gasteiger charge is -2.60. The fraction of sp³-hybridized carbons (Fsp3) is 1.00. The van der Waals surface area contributed by atoms with Crippen molar-refractivity contribution < 1.29 is 0 Å². The Bertz CT molecular complexity index is 571. The maximum atomic E-state index is 2.78. The topological polar surface area (TPSA) is 0 Å². The molecule has 0 aliphatic carbocycles. The molecule has 0 aliphatic heterocycles. The third-order valence-electron chi connectivity index (χ3n) is 7.38.